The molecular formula is C8H6F2N2O3. The van der Waals surface area contributed by atoms with Gasteiger partial charge in [-0.15, -0.1) is 0 Å². The predicted molar refractivity (Wildman–Crippen MR) is 44.3 cm³/mol. The fourth-order valence-corrected chi connectivity index (χ4v) is 0.778. The number of hydrogen-bond acceptors (Lipinski definition) is 4. The van der Waals surface area contributed by atoms with Crippen molar-refractivity contribution >= 4 is 11.9 Å². The minimum atomic E-state index is -1.50. The van der Waals surface area contributed by atoms with Crippen molar-refractivity contribution in [3.8, 4) is 5.75 Å². The third-order valence-corrected chi connectivity index (χ3v) is 1.43. The van der Waals surface area contributed by atoms with Crippen molar-refractivity contribution in [3.05, 3.63) is 29.8 Å². The van der Waals surface area contributed by atoms with Crippen LogP contribution in [0.5, 0.6) is 5.75 Å². The van der Waals surface area contributed by atoms with Crippen molar-refractivity contribution in [1.29, 1.82) is 0 Å². The summed E-state index contributed by atoms with van der Waals surface area (Å²) < 4.78 is 29.9. The molecule has 1 rings (SSSR count). The van der Waals surface area contributed by atoms with Crippen LogP contribution >= 0.6 is 0 Å². The zero-order valence-electron chi connectivity index (χ0n) is 7.29. The second-order valence-corrected chi connectivity index (χ2v) is 2.41. The van der Waals surface area contributed by atoms with E-state index in [-0.39, 0.29) is 0 Å². The molecule has 0 aliphatic rings. The molecule has 80 valence electrons. The molecule has 0 spiro atoms. The summed E-state index contributed by atoms with van der Waals surface area (Å²) in [4.78, 5) is 21.4. The van der Waals surface area contributed by atoms with Crippen molar-refractivity contribution < 1.29 is 23.1 Å². The summed E-state index contributed by atoms with van der Waals surface area (Å²) in [5.74, 6) is -1.31. The lowest BCUT2D eigenvalue weighted by atomic mass is 10.3. The fourth-order valence-electron chi connectivity index (χ4n) is 0.778. The van der Waals surface area contributed by atoms with Crippen molar-refractivity contribution in [2.45, 2.75) is 0 Å². The van der Waals surface area contributed by atoms with E-state index in [4.69, 9.17) is 0 Å². The fraction of sp³-hybridized carbons (Fsp3) is 0. The molecular weight excluding hydrogens is 210 g/mol. The number of ether oxygens (including phenoxy) is 1. The van der Waals surface area contributed by atoms with Gasteiger partial charge in [0.15, 0.2) is 11.6 Å². The van der Waals surface area contributed by atoms with Gasteiger partial charge in [-0.05, 0) is 12.1 Å². The first-order valence-electron chi connectivity index (χ1n) is 3.73. The molecule has 0 aromatic heterocycles. The van der Waals surface area contributed by atoms with Gasteiger partial charge in [0.2, 0.25) is 5.75 Å². The smallest absolute Gasteiger partial charge is 0.403 e. The Morgan fingerprint density at radius 1 is 1.27 bits per heavy atom. The Hall–Kier alpha value is -2.02. The summed E-state index contributed by atoms with van der Waals surface area (Å²) in [6, 6.07) is 2.85. The topological polar surface area (TPSA) is 81.4 Å². The van der Waals surface area contributed by atoms with Gasteiger partial charge < -0.3 is 4.74 Å². The number of amides is 1. The minimum absolute atomic E-state index is 0.881. The van der Waals surface area contributed by atoms with E-state index in [0.29, 0.717) is 0 Å². The average molecular weight is 216 g/mol. The molecule has 0 saturated carbocycles. The summed E-state index contributed by atoms with van der Waals surface area (Å²) in [6.45, 7) is 0. The molecule has 0 aliphatic heterocycles. The van der Waals surface area contributed by atoms with Gasteiger partial charge in [-0.1, -0.05) is 6.07 Å². The van der Waals surface area contributed by atoms with Gasteiger partial charge in [-0.3, -0.25) is 10.2 Å². The molecule has 0 heterocycles. The van der Waals surface area contributed by atoms with Gasteiger partial charge in [0, 0.05) is 0 Å². The minimum Gasteiger partial charge on any atom is -0.413 e. The number of nitrogens with one attached hydrogen (secondary N) is 1. The van der Waals surface area contributed by atoms with Gasteiger partial charge in [0.1, 0.15) is 0 Å². The molecule has 7 heteroatoms. The predicted octanol–water partition coefficient (Wildman–Crippen LogP) is -0.140. The van der Waals surface area contributed by atoms with Crippen LogP contribution in [0, 0.1) is 11.6 Å². The van der Waals surface area contributed by atoms with Gasteiger partial charge >= 0.3 is 11.9 Å². The molecule has 0 saturated heterocycles. The highest BCUT2D eigenvalue weighted by Gasteiger charge is 2.19. The molecule has 15 heavy (non-hydrogen) atoms. The van der Waals surface area contributed by atoms with Crippen LogP contribution in [-0.2, 0) is 9.59 Å². The number of para-hydroxylation sites is 1. The number of halogens is 2. The summed E-state index contributed by atoms with van der Waals surface area (Å²) >= 11 is 0. The summed E-state index contributed by atoms with van der Waals surface area (Å²) in [7, 11) is 0. The van der Waals surface area contributed by atoms with Crippen LogP contribution in [-0.4, -0.2) is 11.9 Å². The van der Waals surface area contributed by atoms with E-state index < -0.39 is 29.3 Å². The van der Waals surface area contributed by atoms with Crippen molar-refractivity contribution in [1.82, 2.24) is 5.43 Å². The highest BCUT2D eigenvalue weighted by Crippen LogP contribution is 2.20. The number of carbonyl (C=O) groups is 2. The van der Waals surface area contributed by atoms with Gasteiger partial charge in [-0.2, -0.15) is 0 Å². The van der Waals surface area contributed by atoms with Gasteiger partial charge in [0.05, 0.1) is 0 Å². The van der Waals surface area contributed by atoms with E-state index in [1.54, 1.807) is 0 Å². The molecule has 1 amide bonds. The van der Waals surface area contributed by atoms with Crippen molar-refractivity contribution in [2.75, 3.05) is 0 Å². The Morgan fingerprint density at radius 3 is 2.27 bits per heavy atom. The second-order valence-electron chi connectivity index (χ2n) is 2.41. The lowest BCUT2D eigenvalue weighted by Gasteiger charge is -2.04. The Kier molecular flexibility index (Phi) is 3.29. The molecule has 1 aromatic carbocycles. The van der Waals surface area contributed by atoms with E-state index >= 15 is 0 Å². The highest BCUT2D eigenvalue weighted by atomic mass is 19.1. The zero-order valence-corrected chi connectivity index (χ0v) is 7.29. The molecule has 5 nitrogen and oxygen atoms in total. The molecule has 3 N–H and O–H groups in total. The van der Waals surface area contributed by atoms with Crippen LogP contribution in [0.4, 0.5) is 8.78 Å². The van der Waals surface area contributed by atoms with Crippen molar-refractivity contribution in [2.24, 2.45) is 5.84 Å². The van der Waals surface area contributed by atoms with Crippen LogP contribution in [0.1, 0.15) is 0 Å². The Labute approximate surface area is 82.8 Å². The van der Waals surface area contributed by atoms with E-state index in [1.165, 1.54) is 5.43 Å². The third-order valence-electron chi connectivity index (χ3n) is 1.43. The third kappa shape index (κ3) is 2.47. The molecule has 0 fully saturated rings. The van der Waals surface area contributed by atoms with Crippen molar-refractivity contribution in [3.63, 3.8) is 0 Å². The standard InChI is InChI=1S/C8H6F2N2O3/c9-4-2-1-3-5(10)6(4)15-8(14)7(13)12-11/h1-3H,11H2,(H,12,13). The van der Waals surface area contributed by atoms with Gasteiger partial charge in [0.25, 0.3) is 0 Å². The Morgan fingerprint density at radius 2 is 1.80 bits per heavy atom. The largest absolute Gasteiger partial charge is 0.413 e. The van der Waals surface area contributed by atoms with Crippen LogP contribution < -0.4 is 16.0 Å². The zero-order chi connectivity index (χ0) is 11.4. The highest BCUT2D eigenvalue weighted by molar-refractivity contribution is 6.32. The number of nitrogens with two attached hydrogens (primary N) is 1. The molecule has 0 bridgehead atoms. The maximum absolute atomic E-state index is 12.9. The molecule has 0 atom stereocenters. The van der Waals surface area contributed by atoms with Crippen LogP contribution in [0.25, 0.3) is 0 Å². The SMILES string of the molecule is NNC(=O)C(=O)Oc1c(F)cccc1F. The Balaban J connectivity index is 2.90. The molecule has 1 aromatic rings. The quantitative estimate of drug-likeness (QED) is 0.171. The van der Waals surface area contributed by atoms with Crippen LogP contribution in [0.2, 0.25) is 0 Å². The first-order valence-corrected chi connectivity index (χ1v) is 3.73. The molecule has 0 aliphatic carbocycles. The maximum Gasteiger partial charge on any atom is 0.403 e. The number of rotatable bonds is 1. The number of hydrogen-bond donors (Lipinski definition) is 2. The summed E-state index contributed by atoms with van der Waals surface area (Å²) in [6.07, 6.45) is 0. The van der Waals surface area contributed by atoms with E-state index in [0.717, 1.165) is 18.2 Å². The van der Waals surface area contributed by atoms with E-state index in [2.05, 4.69) is 10.6 Å². The average Bonchev–Trinajstić information content (AvgIpc) is 2.22. The first kappa shape index (κ1) is 11.1. The lowest BCUT2D eigenvalue weighted by Crippen LogP contribution is -2.38. The number of carbonyl (C=O) groups excluding carboxylic acids is 2. The molecule has 0 radical (unpaired) electrons. The summed E-state index contributed by atoms with van der Waals surface area (Å²) in [5.41, 5.74) is 1.47. The number of esters is 1. The Bertz CT molecular complexity index is 389. The van der Waals surface area contributed by atoms with Crippen LogP contribution in [0.15, 0.2) is 18.2 Å². The monoisotopic (exact) mass is 216 g/mol. The first-order chi connectivity index (χ1) is 7.06. The normalized spacial score (nSPS) is 9.53. The molecule has 0 unspecified atom stereocenters. The van der Waals surface area contributed by atoms with Gasteiger partial charge in [-0.25, -0.2) is 19.4 Å². The lowest BCUT2D eigenvalue weighted by molar-refractivity contribution is -0.148. The number of benzene rings is 1. The second kappa shape index (κ2) is 4.47. The summed E-state index contributed by atoms with van der Waals surface area (Å²) in [5, 5.41) is 0. The number of hydrazine groups is 1. The van der Waals surface area contributed by atoms with E-state index in [9.17, 15) is 18.4 Å². The maximum atomic E-state index is 12.9. The van der Waals surface area contributed by atoms with E-state index in [1.807, 2.05) is 0 Å². The van der Waals surface area contributed by atoms with Crippen LogP contribution in [0.3, 0.4) is 0 Å².